The van der Waals surface area contributed by atoms with Crippen LogP contribution >= 0.6 is 11.6 Å². The van der Waals surface area contributed by atoms with Crippen molar-refractivity contribution < 1.29 is 15.0 Å². The molecule has 1 rings (SSSR count). The minimum absolute atomic E-state index is 0.0367. The molecular weight excluding hydrogens is 168 g/mol. The van der Waals surface area contributed by atoms with Crippen molar-refractivity contribution in [3.63, 3.8) is 0 Å². The number of carbonyl (C=O) groups is 1. The summed E-state index contributed by atoms with van der Waals surface area (Å²) in [6.45, 7) is 0. The first-order valence-electron chi connectivity index (χ1n) is 3.64. The molecule has 1 aliphatic rings. The number of hydrogen-bond donors (Lipinski definition) is 2. The highest BCUT2D eigenvalue weighted by Gasteiger charge is 2.39. The smallest absolute Gasteiger partial charge is 0.335 e. The lowest BCUT2D eigenvalue weighted by molar-refractivity contribution is -0.161. The number of alkyl halides is 1. The molecule has 2 N–H and O–H groups in total. The molecule has 1 aliphatic carbocycles. The molecule has 0 unspecified atom stereocenters. The van der Waals surface area contributed by atoms with Gasteiger partial charge in [-0.2, -0.15) is 0 Å². The summed E-state index contributed by atoms with van der Waals surface area (Å²) in [5.41, 5.74) is -1.51. The quantitative estimate of drug-likeness (QED) is 0.589. The predicted octanol–water partition coefficient (Wildman–Crippen LogP) is 0.984. The minimum Gasteiger partial charge on any atom is -0.479 e. The Morgan fingerprint density at radius 3 is 2.27 bits per heavy atom. The number of halogens is 1. The summed E-state index contributed by atoms with van der Waals surface area (Å²) in [4.78, 5) is 10.5. The van der Waals surface area contributed by atoms with Crippen molar-refractivity contribution in [3.05, 3.63) is 0 Å². The van der Waals surface area contributed by atoms with Gasteiger partial charge < -0.3 is 10.2 Å². The van der Waals surface area contributed by atoms with Crippen molar-refractivity contribution >= 4 is 17.6 Å². The van der Waals surface area contributed by atoms with Gasteiger partial charge in [-0.05, 0) is 25.7 Å². The molecule has 0 atom stereocenters. The molecule has 0 amide bonds. The number of carboxylic acid groups (broad SMARTS) is 1. The Hall–Kier alpha value is -0.280. The van der Waals surface area contributed by atoms with Crippen LogP contribution in [0.1, 0.15) is 25.7 Å². The van der Waals surface area contributed by atoms with Gasteiger partial charge >= 0.3 is 5.97 Å². The first kappa shape index (κ1) is 8.81. The highest BCUT2D eigenvalue weighted by molar-refractivity contribution is 6.20. The van der Waals surface area contributed by atoms with E-state index in [-0.39, 0.29) is 18.2 Å². The molecule has 0 spiro atoms. The summed E-state index contributed by atoms with van der Waals surface area (Å²) in [5.74, 6) is -1.12. The zero-order valence-corrected chi connectivity index (χ0v) is 6.84. The van der Waals surface area contributed by atoms with Gasteiger partial charge in [-0.1, -0.05) is 0 Å². The third kappa shape index (κ3) is 1.84. The molecule has 0 aromatic heterocycles. The van der Waals surface area contributed by atoms with Crippen molar-refractivity contribution in [2.75, 3.05) is 0 Å². The summed E-state index contributed by atoms with van der Waals surface area (Å²) in [6, 6.07) is 0. The van der Waals surface area contributed by atoms with Crippen LogP contribution in [0.4, 0.5) is 0 Å². The van der Waals surface area contributed by atoms with Crippen molar-refractivity contribution in [1.29, 1.82) is 0 Å². The van der Waals surface area contributed by atoms with Gasteiger partial charge in [0.2, 0.25) is 0 Å². The molecule has 0 heterocycles. The van der Waals surface area contributed by atoms with Crippen LogP contribution in [0.25, 0.3) is 0 Å². The maximum absolute atomic E-state index is 10.5. The van der Waals surface area contributed by atoms with Gasteiger partial charge in [0.25, 0.3) is 0 Å². The largest absolute Gasteiger partial charge is 0.479 e. The van der Waals surface area contributed by atoms with Crippen LogP contribution in [-0.4, -0.2) is 27.2 Å². The zero-order chi connectivity index (χ0) is 8.48. The lowest BCUT2D eigenvalue weighted by Gasteiger charge is -2.29. The average Bonchev–Trinajstić information content (AvgIpc) is 1.95. The third-order valence-electron chi connectivity index (χ3n) is 2.14. The molecule has 0 radical (unpaired) electrons. The van der Waals surface area contributed by atoms with E-state index in [4.69, 9.17) is 16.7 Å². The number of aliphatic hydroxyl groups is 1. The fraction of sp³-hybridized carbons (Fsp3) is 0.857. The highest BCUT2D eigenvalue weighted by atomic mass is 35.5. The Morgan fingerprint density at radius 2 is 1.91 bits per heavy atom. The first-order valence-corrected chi connectivity index (χ1v) is 4.08. The zero-order valence-electron chi connectivity index (χ0n) is 6.09. The molecule has 0 aliphatic heterocycles. The van der Waals surface area contributed by atoms with Crippen LogP contribution in [0.3, 0.4) is 0 Å². The summed E-state index contributed by atoms with van der Waals surface area (Å²) in [6.07, 6.45) is 1.72. The Labute approximate surface area is 70.0 Å². The lowest BCUT2D eigenvalue weighted by atomic mass is 9.85. The summed E-state index contributed by atoms with van der Waals surface area (Å²) >= 11 is 5.74. The van der Waals surface area contributed by atoms with E-state index in [1.165, 1.54) is 0 Å². The van der Waals surface area contributed by atoms with Crippen LogP contribution < -0.4 is 0 Å². The second-order valence-corrected chi connectivity index (χ2v) is 3.63. The molecule has 0 aromatic rings. The van der Waals surface area contributed by atoms with E-state index in [9.17, 15) is 9.90 Å². The van der Waals surface area contributed by atoms with Gasteiger partial charge in [-0.25, -0.2) is 4.79 Å². The van der Waals surface area contributed by atoms with Crippen molar-refractivity contribution in [2.45, 2.75) is 36.7 Å². The van der Waals surface area contributed by atoms with Crippen LogP contribution in [0.2, 0.25) is 0 Å². The van der Waals surface area contributed by atoms with E-state index in [1.807, 2.05) is 0 Å². The number of aliphatic carboxylic acids is 1. The maximum Gasteiger partial charge on any atom is 0.335 e. The molecule has 1 fully saturated rings. The molecule has 1 saturated carbocycles. The maximum atomic E-state index is 10.5. The second kappa shape index (κ2) is 2.99. The monoisotopic (exact) mass is 178 g/mol. The summed E-state index contributed by atoms with van der Waals surface area (Å²) < 4.78 is 0. The SMILES string of the molecule is O=C(O)C1(O)CCC(Cl)CC1. The van der Waals surface area contributed by atoms with Crippen LogP contribution in [0.5, 0.6) is 0 Å². The van der Waals surface area contributed by atoms with Crippen molar-refractivity contribution in [1.82, 2.24) is 0 Å². The van der Waals surface area contributed by atoms with E-state index in [2.05, 4.69) is 0 Å². The van der Waals surface area contributed by atoms with Crippen LogP contribution in [0.15, 0.2) is 0 Å². The molecule has 11 heavy (non-hydrogen) atoms. The van der Waals surface area contributed by atoms with E-state index >= 15 is 0 Å². The van der Waals surface area contributed by atoms with Crippen molar-refractivity contribution in [3.8, 4) is 0 Å². The van der Waals surface area contributed by atoms with Gasteiger partial charge in [0, 0.05) is 5.38 Å². The third-order valence-corrected chi connectivity index (χ3v) is 2.58. The first-order chi connectivity index (χ1) is 5.04. The molecule has 0 aromatic carbocycles. The van der Waals surface area contributed by atoms with Gasteiger partial charge in [0.15, 0.2) is 5.60 Å². The van der Waals surface area contributed by atoms with E-state index in [1.54, 1.807) is 0 Å². The molecular formula is C7H11ClO3. The topological polar surface area (TPSA) is 57.5 Å². The normalized spacial score (nSPS) is 38.5. The number of carboxylic acids is 1. The fourth-order valence-electron chi connectivity index (χ4n) is 1.27. The molecule has 0 bridgehead atoms. The van der Waals surface area contributed by atoms with Crippen molar-refractivity contribution in [2.24, 2.45) is 0 Å². The second-order valence-electron chi connectivity index (χ2n) is 3.01. The average molecular weight is 179 g/mol. The standard InChI is InChI=1S/C7H11ClO3/c8-5-1-3-7(11,4-2-5)6(9)10/h5,11H,1-4H2,(H,9,10). The predicted molar refractivity (Wildman–Crippen MR) is 40.7 cm³/mol. The van der Waals surface area contributed by atoms with E-state index in [0.717, 1.165) is 0 Å². The van der Waals surface area contributed by atoms with Gasteiger partial charge in [0.05, 0.1) is 0 Å². The Balaban J connectivity index is 2.55. The highest BCUT2D eigenvalue weighted by Crippen LogP contribution is 2.30. The Kier molecular flexibility index (Phi) is 2.40. The number of hydrogen-bond acceptors (Lipinski definition) is 2. The van der Waals surface area contributed by atoms with Gasteiger partial charge in [0.1, 0.15) is 0 Å². The summed E-state index contributed by atoms with van der Waals surface area (Å²) in [7, 11) is 0. The summed E-state index contributed by atoms with van der Waals surface area (Å²) in [5, 5.41) is 18.0. The molecule has 0 saturated heterocycles. The Bertz CT molecular complexity index is 161. The molecule has 64 valence electrons. The van der Waals surface area contributed by atoms with Crippen LogP contribution in [-0.2, 0) is 4.79 Å². The lowest BCUT2D eigenvalue weighted by Crippen LogP contribution is -2.42. The molecule has 3 nitrogen and oxygen atoms in total. The molecule has 4 heteroatoms. The van der Waals surface area contributed by atoms with E-state index < -0.39 is 11.6 Å². The Morgan fingerprint density at radius 1 is 1.45 bits per heavy atom. The van der Waals surface area contributed by atoms with E-state index in [0.29, 0.717) is 12.8 Å². The fourth-order valence-corrected chi connectivity index (χ4v) is 1.49. The van der Waals surface area contributed by atoms with Gasteiger partial charge in [-0.3, -0.25) is 0 Å². The number of rotatable bonds is 1. The van der Waals surface area contributed by atoms with Crippen LogP contribution in [0, 0.1) is 0 Å². The van der Waals surface area contributed by atoms with Gasteiger partial charge in [-0.15, -0.1) is 11.6 Å². The minimum atomic E-state index is -1.51.